The van der Waals surface area contributed by atoms with Crippen molar-refractivity contribution in [3.05, 3.63) is 40.8 Å². The van der Waals surface area contributed by atoms with Crippen molar-refractivity contribution in [3.63, 3.8) is 0 Å². The fraction of sp³-hybridized carbons (Fsp3) is 0.467. The second-order valence-electron chi connectivity index (χ2n) is 4.93. The minimum Gasteiger partial charge on any atom is -0.351 e. The van der Waals surface area contributed by atoms with Crippen LogP contribution in [0.15, 0.2) is 18.2 Å². The number of aromatic nitrogens is 3. The van der Waals surface area contributed by atoms with Crippen LogP contribution in [0.4, 0.5) is 5.82 Å². The van der Waals surface area contributed by atoms with Gasteiger partial charge in [-0.25, -0.2) is 0 Å². The predicted molar refractivity (Wildman–Crippen MR) is 83.2 cm³/mol. The molecule has 0 unspecified atom stereocenters. The summed E-state index contributed by atoms with van der Waals surface area (Å²) in [6.45, 7) is 7.80. The third-order valence-electron chi connectivity index (χ3n) is 3.43. The summed E-state index contributed by atoms with van der Waals surface area (Å²) >= 11 is 6.08. The molecule has 0 aliphatic carbocycles. The summed E-state index contributed by atoms with van der Waals surface area (Å²) < 4.78 is 1.91. The number of rotatable bonds is 5. The van der Waals surface area contributed by atoms with Gasteiger partial charge in [0.15, 0.2) is 0 Å². The van der Waals surface area contributed by atoms with Crippen molar-refractivity contribution in [1.82, 2.24) is 14.8 Å². The smallest absolute Gasteiger partial charge is 0.131 e. The number of hydrogen-bond acceptors (Lipinski definition) is 3. The quantitative estimate of drug-likeness (QED) is 0.794. The van der Waals surface area contributed by atoms with E-state index in [1.165, 1.54) is 0 Å². The van der Waals surface area contributed by atoms with Crippen LogP contribution in [0.5, 0.6) is 0 Å². The Bertz CT molecular complexity index is 592. The van der Waals surface area contributed by atoms with Crippen molar-refractivity contribution >= 4 is 17.4 Å². The molecule has 0 atom stereocenters. The Morgan fingerprint density at radius 2 is 2.05 bits per heavy atom. The fourth-order valence-electron chi connectivity index (χ4n) is 2.46. The fourth-order valence-corrected chi connectivity index (χ4v) is 2.77. The summed E-state index contributed by atoms with van der Waals surface area (Å²) in [7, 11) is 1.96. The topological polar surface area (TPSA) is 34.0 Å². The first-order valence-corrected chi connectivity index (χ1v) is 7.36. The van der Waals surface area contributed by atoms with E-state index in [0.29, 0.717) is 5.88 Å². The molecule has 0 N–H and O–H groups in total. The maximum Gasteiger partial charge on any atom is 0.131 e. The van der Waals surface area contributed by atoms with Crippen LogP contribution >= 0.6 is 11.6 Å². The lowest BCUT2D eigenvalue weighted by atomic mass is 10.2. The molecule has 0 aromatic carbocycles. The molecule has 4 nitrogen and oxygen atoms in total. The maximum atomic E-state index is 6.08. The molecule has 2 aromatic rings. The summed E-state index contributed by atoms with van der Waals surface area (Å²) in [5.41, 5.74) is 4.19. The van der Waals surface area contributed by atoms with Gasteiger partial charge in [-0.3, -0.25) is 9.67 Å². The predicted octanol–water partition coefficient (Wildman–Crippen LogP) is 3.20. The molecule has 0 saturated heterocycles. The normalized spacial score (nSPS) is 10.8. The van der Waals surface area contributed by atoms with Gasteiger partial charge in [0.2, 0.25) is 0 Å². The van der Waals surface area contributed by atoms with Crippen LogP contribution in [-0.2, 0) is 19.5 Å². The van der Waals surface area contributed by atoms with Gasteiger partial charge in [-0.15, -0.1) is 11.6 Å². The van der Waals surface area contributed by atoms with E-state index in [4.69, 9.17) is 11.6 Å². The maximum absolute atomic E-state index is 6.08. The van der Waals surface area contributed by atoms with Gasteiger partial charge in [-0.2, -0.15) is 5.10 Å². The largest absolute Gasteiger partial charge is 0.351 e. The molecule has 0 radical (unpaired) electrons. The van der Waals surface area contributed by atoms with Crippen molar-refractivity contribution < 1.29 is 0 Å². The molecule has 2 rings (SSSR count). The molecule has 0 saturated carbocycles. The molecule has 0 amide bonds. The highest BCUT2D eigenvalue weighted by atomic mass is 35.5. The first kappa shape index (κ1) is 14.9. The Hall–Kier alpha value is -1.55. The van der Waals surface area contributed by atoms with Gasteiger partial charge in [0.1, 0.15) is 5.82 Å². The molecule has 0 aliphatic rings. The SMILES string of the molecule is CCN(Cc1cccc(C)n1)c1c(CCl)c(C)nn1C. The lowest BCUT2D eigenvalue weighted by Gasteiger charge is -2.24. The zero-order chi connectivity index (χ0) is 14.7. The van der Waals surface area contributed by atoms with Crippen molar-refractivity contribution in [1.29, 1.82) is 0 Å². The van der Waals surface area contributed by atoms with Crippen molar-refractivity contribution in [3.8, 4) is 0 Å². The monoisotopic (exact) mass is 292 g/mol. The summed E-state index contributed by atoms with van der Waals surface area (Å²) in [5.74, 6) is 1.57. The number of pyridine rings is 1. The minimum atomic E-state index is 0.479. The average Bonchev–Trinajstić information content (AvgIpc) is 2.70. The number of alkyl halides is 1. The minimum absolute atomic E-state index is 0.479. The van der Waals surface area contributed by atoms with Crippen molar-refractivity contribution in [2.24, 2.45) is 7.05 Å². The summed E-state index contributed by atoms with van der Waals surface area (Å²) in [6.07, 6.45) is 0. The van der Waals surface area contributed by atoms with E-state index < -0.39 is 0 Å². The Balaban J connectivity index is 2.33. The zero-order valence-corrected chi connectivity index (χ0v) is 13.3. The Morgan fingerprint density at radius 3 is 2.65 bits per heavy atom. The van der Waals surface area contributed by atoms with Crippen LogP contribution in [-0.4, -0.2) is 21.3 Å². The van der Waals surface area contributed by atoms with Crippen LogP contribution < -0.4 is 4.90 Å². The zero-order valence-electron chi connectivity index (χ0n) is 12.5. The highest BCUT2D eigenvalue weighted by molar-refractivity contribution is 6.17. The lowest BCUT2D eigenvalue weighted by Crippen LogP contribution is -2.26. The molecule has 20 heavy (non-hydrogen) atoms. The number of anilines is 1. The van der Waals surface area contributed by atoms with Gasteiger partial charge in [-0.1, -0.05) is 6.07 Å². The van der Waals surface area contributed by atoms with E-state index in [0.717, 1.165) is 41.6 Å². The summed E-state index contributed by atoms with van der Waals surface area (Å²) in [4.78, 5) is 6.84. The second kappa shape index (κ2) is 6.27. The molecule has 108 valence electrons. The van der Waals surface area contributed by atoms with Crippen LogP contribution in [0.2, 0.25) is 0 Å². The number of nitrogens with zero attached hydrogens (tertiary/aromatic N) is 4. The second-order valence-corrected chi connectivity index (χ2v) is 5.20. The summed E-state index contributed by atoms with van der Waals surface area (Å²) in [6, 6.07) is 6.11. The molecule has 0 spiro atoms. The van der Waals surface area contributed by atoms with Crippen LogP contribution in [0.3, 0.4) is 0 Å². The molecular weight excluding hydrogens is 272 g/mol. The Labute approximate surface area is 125 Å². The number of halogens is 1. The van der Waals surface area contributed by atoms with E-state index >= 15 is 0 Å². The number of hydrogen-bond donors (Lipinski definition) is 0. The van der Waals surface area contributed by atoms with E-state index in [1.807, 2.05) is 37.7 Å². The third kappa shape index (κ3) is 2.96. The molecule has 2 heterocycles. The standard InChI is InChI=1S/C15H21ClN4/c1-5-20(10-13-8-6-7-11(2)17-13)15-14(9-16)12(3)18-19(15)4/h6-8H,5,9-10H2,1-4H3. The highest BCUT2D eigenvalue weighted by Gasteiger charge is 2.18. The van der Waals surface area contributed by atoms with Gasteiger partial charge in [-0.05, 0) is 32.9 Å². The lowest BCUT2D eigenvalue weighted by molar-refractivity contribution is 0.698. The molecular formula is C15H21ClN4. The van der Waals surface area contributed by atoms with Crippen LogP contribution in [0.25, 0.3) is 0 Å². The molecule has 0 bridgehead atoms. The van der Waals surface area contributed by atoms with E-state index in [-0.39, 0.29) is 0 Å². The summed E-state index contributed by atoms with van der Waals surface area (Å²) in [5, 5.41) is 4.48. The first-order valence-electron chi connectivity index (χ1n) is 6.82. The molecule has 5 heteroatoms. The Kier molecular flexibility index (Phi) is 4.65. The van der Waals surface area contributed by atoms with Gasteiger partial charge in [0.25, 0.3) is 0 Å². The number of aryl methyl sites for hydroxylation is 3. The molecule has 0 fully saturated rings. The van der Waals surface area contributed by atoms with Crippen LogP contribution in [0.1, 0.15) is 29.6 Å². The highest BCUT2D eigenvalue weighted by Crippen LogP contribution is 2.26. The molecule has 2 aromatic heterocycles. The Morgan fingerprint density at radius 1 is 1.30 bits per heavy atom. The van der Waals surface area contributed by atoms with Gasteiger partial charge in [0, 0.05) is 24.8 Å². The molecule has 0 aliphatic heterocycles. The van der Waals surface area contributed by atoms with Crippen molar-refractivity contribution in [2.75, 3.05) is 11.4 Å². The first-order chi connectivity index (χ1) is 9.56. The van der Waals surface area contributed by atoms with E-state index in [9.17, 15) is 0 Å². The van der Waals surface area contributed by atoms with E-state index in [1.54, 1.807) is 0 Å². The average molecular weight is 293 g/mol. The third-order valence-corrected chi connectivity index (χ3v) is 3.69. The van der Waals surface area contributed by atoms with Crippen LogP contribution in [0, 0.1) is 13.8 Å². The van der Waals surface area contributed by atoms with Gasteiger partial charge < -0.3 is 4.90 Å². The van der Waals surface area contributed by atoms with Gasteiger partial charge in [0.05, 0.1) is 23.8 Å². The van der Waals surface area contributed by atoms with Crippen molar-refractivity contribution in [2.45, 2.75) is 33.2 Å². The van der Waals surface area contributed by atoms with Gasteiger partial charge >= 0.3 is 0 Å². The van der Waals surface area contributed by atoms with E-state index in [2.05, 4.69) is 28.0 Å².